The Morgan fingerprint density at radius 3 is 2.75 bits per heavy atom. The molecule has 0 unspecified atom stereocenters. The van der Waals surface area contributed by atoms with Crippen molar-refractivity contribution in [1.82, 2.24) is 5.32 Å². The lowest BCUT2D eigenvalue weighted by Crippen LogP contribution is -2.27. The third-order valence-corrected chi connectivity index (χ3v) is 3.13. The van der Waals surface area contributed by atoms with Gasteiger partial charge in [-0.05, 0) is 41.8 Å². The molecule has 0 radical (unpaired) electrons. The number of nitro benzene ring substituents is 1. The Morgan fingerprint density at radius 2 is 2.25 bits per heavy atom. The molecule has 0 spiro atoms. The Hall–Kier alpha value is -0.890. The summed E-state index contributed by atoms with van der Waals surface area (Å²) < 4.78 is 0.663. The topological polar surface area (TPSA) is 58.4 Å². The number of nitro groups is 1. The first kappa shape index (κ1) is 13.2. The summed E-state index contributed by atoms with van der Waals surface area (Å²) in [6, 6.07) is 5.15. The van der Waals surface area contributed by atoms with Gasteiger partial charge in [0.1, 0.15) is 0 Å². The van der Waals surface area contributed by atoms with Crippen LogP contribution in [-0.4, -0.2) is 32.1 Å². The SMILES string of the molecule is CNCCN(C)c1ccc([N+](=O)[O-])c(I)c1. The molecule has 0 amide bonds. The molecule has 88 valence electrons. The van der Waals surface area contributed by atoms with E-state index >= 15 is 0 Å². The molecule has 6 heteroatoms. The van der Waals surface area contributed by atoms with Crippen molar-refractivity contribution in [2.75, 3.05) is 32.1 Å². The monoisotopic (exact) mass is 335 g/mol. The predicted octanol–water partition coefficient (Wildman–Crippen LogP) is 1.85. The van der Waals surface area contributed by atoms with Crippen LogP contribution < -0.4 is 10.2 Å². The van der Waals surface area contributed by atoms with Crippen LogP contribution in [0.1, 0.15) is 0 Å². The molecule has 0 bridgehead atoms. The van der Waals surface area contributed by atoms with Crippen LogP contribution in [0, 0.1) is 13.7 Å². The lowest BCUT2D eigenvalue weighted by atomic mass is 10.2. The molecule has 0 heterocycles. The minimum atomic E-state index is -0.362. The normalized spacial score (nSPS) is 10.2. The molecule has 1 aromatic carbocycles. The van der Waals surface area contributed by atoms with E-state index in [-0.39, 0.29) is 10.6 Å². The standard InChI is InChI=1S/C10H14IN3O2/c1-12-5-6-13(2)8-3-4-10(14(15)16)9(11)7-8/h3-4,7,12H,5-6H2,1-2H3. The van der Waals surface area contributed by atoms with Crippen LogP contribution in [0.15, 0.2) is 18.2 Å². The van der Waals surface area contributed by atoms with Crippen LogP contribution in [0.5, 0.6) is 0 Å². The second-order valence-electron chi connectivity index (χ2n) is 3.42. The van der Waals surface area contributed by atoms with Crippen LogP contribution in [0.3, 0.4) is 0 Å². The molecule has 1 rings (SSSR count). The van der Waals surface area contributed by atoms with E-state index in [9.17, 15) is 10.1 Å². The molecule has 0 saturated heterocycles. The van der Waals surface area contributed by atoms with E-state index in [2.05, 4.69) is 10.2 Å². The summed E-state index contributed by atoms with van der Waals surface area (Å²) in [5, 5.41) is 13.7. The van der Waals surface area contributed by atoms with Gasteiger partial charge in [-0.2, -0.15) is 0 Å². The highest BCUT2D eigenvalue weighted by Gasteiger charge is 2.12. The largest absolute Gasteiger partial charge is 0.373 e. The van der Waals surface area contributed by atoms with Gasteiger partial charge in [0.2, 0.25) is 0 Å². The number of hydrogen-bond acceptors (Lipinski definition) is 4. The van der Waals surface area contributed by atoms with E-state index in [4.69, 9.17) is 0 Å². The van der Waals surface area contributed by atoms with Crippen LogP contribution in [0.4, 0.5) is 11.4 Å². The number of halogens is 1. The van der Waals surface area contributed by atoms with Gasteiger partial charge in [0.25, 0.3) is 5.69 Å². The molecule has 0 atom stereocenters. The van der Waals surface area contributed by atoms with Crippen LogP contribution in [0.2, 0.25) is 0 Å². The maximum Gasteiger partial charge on any atom is 0.282 e. The van der Waals surface area contributed by atoms with E-state index in [1.807, 2.05) is 42.8 Å². The van der Waals surface area contributed by atoms with Crippen LogP contribution >= 0.6 is 22.6 Å². The molecule has 5 nitrogen and oxygen atoms in total. The summed E-state index contributed by atoms with van der Waals surface area (Å²) in [5.74, 6) is 0. The van der Waals surface area contributed by atoms with Gasteiger partial charge in [0.15, 0.2) is 0 Å². The van der Waals surface area contributed by atoms with Crippen molar-refractivity contribution in [1.29, 1.82) is 0 Å². The smallest absolute Gasteiger partial charge is 0.282 e. The molecule has 0 aliphatic carbocycles. The van der Waals surface area contributed by atoms with E-state index in [1.165, 1.54) is 0 Å². The van der Waals surface area contributed by atoms with E-state index in [1.54, 1.807) is 12.1 Å². The Bertz CT molecular complexity index is 384. The van der Waals surface area contributed by atoms with Gasteiger partial charge in [0.05, 0.1) is 8.49 Å². The number of nitrogens with zero attached hydrogens (tertiary/aromatic N) is 2. The first-order valence-electron chi connectivity index (χ1n) is 4.86. The molecular weight excluding hydrogens is 321 g/mol. The molecular formula is C10H14IN3O2. The molecule has 1 aromatic rings. The van der Waals surface area contributed by atoms with Gasteiger partial charge in [-0.15, -0.1) is 0 Å². The summed E-state index contributed by atoms with van der Waals surface area (Å²) in [6.07, 6.45) is 0. The first-order valence-corrected chi connectivity index (χ1v) is 5.94. The van der Waals surface area contributed by atoms with Crippen molar-refractivity contribution in [3.05, 3.63) is 31.9 Å². The van der Waals surface area contributed by atoms with Crippen LogP contribution in [0.25, 0.3) is 0 Å². The second-order valence-corrected chi connectivity index (χ2v) is 4.58. The lowest BCUT2D eigenvalue weighted by Gasteiger charge is -2.19. The van der Waals surface area contributed by atoms with Crippen molar-refractivity contribution >= 4 is 34.0 Å². The summed E-state index contributed by atoms with van der Waals surface area (Å²) in [7, 11) is 3.86. The van der Waals surface area contributed by atoms with Crippen LogP contribution in [-0.2, 0) is 0 Å². The third kappa shape index (κ3) is 3.31. The molecule has 1 N–H and O–H groups in total. The second kappa shape index (κ2) is 6.00. The minimum Gasteiger partial charge on any atom is -0.373 e. The number of hydrogen-bond donors (Lipinski definition) is 1. The molecule has 0 aliphatic rings. The van der Waals surface area contributed by atoms with Gasteiger partial charge in [-0.3, -0.25) is 10.1 Å². The van der Waals surface area contributed by atoms with Crippen molar-refractivity contribution in [2.45, 2.75) is 0 Å². The Balaban J connectivity index is 2.84. The maximum absolute atomic E-state index is 10.7. The predicted molar refractivity (Wildman–Crippen MR) is 73.0 cm³/mol. The fraction of sp³-hybridized carbons (Fsp3) is 0.400. The first-order chi connectivity index (χ1) is 7.56. The van der Waals surface area contributed by atoms with Crippen molar-refractivity contribution in [3.8, 4) is 0 Å². The molecule has 0 aromatic heterocycles. The van der Waals surface area contributed by atoms with Crippen molar-refractivity contribution < 1.29 is 4.92 Å². The number of anilines is 1. The quantitative estimate of drug-likeness (QED) is 0.507. The molecule has 0 saturated carbocycles. The Labute approximate surface area is 108 Å². The fourth-order valence-electron chi connectivity index (χ4n) is 1.29. The fourth-order valence-corrected chi connectivity index (χ4v) is 1.99. The highest BCUT2D eigenvalue weighted by atomic mass is 127. The average molecular weight is 335 g/mol. The maximum atomic E-state index is 10.7. The zero-order valence-electron chi connectivity index (χ0n) is 9.24. The molecule has 0 aliphatic heterocycles. The van der Waals surface area contributed by atoms with Gasteiger partial charge in [0, 0.05) is 31.9 Å². The van der Waals surface area contributed by atoms with Crippen molar-refractivity contribution in [3.63, 3.8) is 0 Å². The Kier molecular flexibility index (Phi) is 4.94. The highest BCUT2D eigenvalue weighted by molar-refractivity contribution is 14.1. The summed E-state index contributed by atoms with van der Waals surface area (Å²) in [6.45, 7) is 1.74. The number of rotatable bonds is 5. The number of nitrogens with one attached hydrogen (secondary N) is 1. The van der Waals surface area contributed by atoms with Gasteiger partial charge in [-0.1, -0.05) is 0 Å². The minimum absolute atomic E-state index is 0.159. The highest BCUT2D eigenvalue weighted by Crippen LogP contribution is 2.25. The van der Waals surface area contributed by atoms with Crippen molar-refractivity contribution in [2.24, 2.45) is 0 Å². The molecule has 0 fully saturated rings. The van der Waals surface area contributed by atoms with Gasteiger partial charge < -0.3 is 10.2 Å². The van der Waals surface area contributed by atoms with E-state index in [0.29, 0.717) is 3.57 Å². The molecule has 16 heavy (non-hydrogen) atoms. The lowest BCUT2D eigenvalue weighted by molar-refractivity contribution is -0.385. The Morgan fingerprint density at radius 1 is 1.56 bits per heavy atom. The zero-order chi connectivity index (χ0) is 12.1. The van der Waals surface area contributed by atoms with Gasteiger partial charge >= 0.3 is 0 Å². The third-order valence-electron chi connectivity index (χ3n) is 2.27. The van der Waals surface area contributed by atoms with E-state index in [0.717, 1.165) is 18.8 Å². The summed E-state index contributed by atoms with van der Waals surface area (Å²) in [5.41, 5.74) is 1.15. The van der Waals surface area contributed by atoms with Gasteiger partial charge in [-0.25, -0.2) is 0 Å². The number of likely N-dealkylation sites (N-methyl/N-ethyl adjacent to an activating group) is 2. The summed E-state index contributed by atoms with van der Waals surface area (Å²) >= 11 is 1.99. The van der Waals surface area contributed by atoms with E-state index < -0.39 is 0 Å². The zero-order valence-corrected chi connectivity index (χ0v) is 11.4. The summed E-state index contributed by atoms with van der Waals surface area (Å²) in [4.78, 5) is 12.3. The average Bonchev–Trinajstić information content (AvgIpc) is 2.25. The number of benzene rings is 1.